The number of halogens is 1. The van der Waals surface area contributed by atoms with E-state index in [0.717, 1.165) is 17.0 Å². The maximum Gasteiger partial charge on any atom is 0.275 e. The zero-order chi connectivity index (χ0) is 17.5. The van der Waals surface area contributed by atoms with Gasteiger partial charge in [-0.3, -0.25) is 4.79 Å². The summed E-state index contributed by atoms with van der Waals surface area (Å²) >= 11 is 5.95. The van der Waals surface area contributed by atoms with Gasteiger partial charge in [0.1, 0.15) is 11.5 Å². The average molecular weight is 347 g/mol. The minimum Gasteiger partial charge on any atom is -0.497 e. The monoisotopic (exact) mass is 346 g/mol. The Kier molecular flexibility index (Phi) is 6.21. The van der Waals surface area contributed by atoms with Gasteiger partial charge in [-0.05, 0) is 54.4 Å². The predicted molar refractivity (Wildman–Crippen MR) is 95.3 cm³/mol. The molecule has 0 radical (unpaired) electrons. The molecule has 0 bridgehead atoms. The minimum absolute atomic E-state index is 0.332. The van der Waals surface area contributed by atoms with Gasteiger partial charge in [-0.15, -0.1) is 0 Å². The largest absolute Gasteiger partial charge is 0.497 e. The van der Waals surface area contributed by atoms with Gasteiger partial charge < -0.3 is 9.47 Å². The van der Waals surface area contributed by atoms with Gasteiger partial charge in [0.25, 0.3) is 5.91 Å². The minimum atomic E-state index is -0.381. The summed E-state index contributed by atoms with van der Waals surface area (Å²) < 4.78 is 10.3. The number of rotatable bonds is 6. The Morgan fingerprint density at radius 2 is 1.83 bits per heavy atom. The number of carbonyl (C=O) groups excluding carboxylic acids is 1. The number of methoxy groups -OCH3 is 2. The first kappa shape index (κ1) is 17.8. The highest BCUT2D eigenvalue weighted by atomic mass is 35.5. The van der Waals surface area contributed by atoms with E-state index in [1.165, 1.54) is 7.11 Å². The van der Waals surface area contributed by atoms with Crippen molar-refractivity contribution >= 4 is 23.2 Å². The molecule has 0 saturated carbocycles. The molecule has 2 aromatic carbocycles. The van der Waals surface area contributed by atoms with Gasteiger partial charge in [-0.2, -0.15) is 5.10 Å². The normalized spacial score (nSPS) is 11.1. The van der Waals surface area contributed by atoms with Crippen LogP contribution in [-0.2, 0) is 0 Å². The molecule has 6 heteroatoms. The van der Waals surface area contributed by atoms with E-state index in [1.807, 2.05) is 31.2 Å². The standard InChI is InChI=1S/C18H19ClN2O3/c1-4-16(12-5-8-14(23-2)9-6-12)20-21-18(22)15-11-13(19)7-10-17(15)24-3/h5-11H,4H2,1-3H3,(H,21,22). The number of hydrogen-bond acceptors (Lipinski definition) is 4. The Bertz CT molecular complexity index is 742. The molecule has 0 aromatic heterocycles. The average Bonchev–Trinajstić information content (AvgIpc) is 2.62. The Balaban J connectivity index is 2.20. The molecule has 0 fully saturated rings. The fourth-order valence-corrected chi connectivity index (χ4v) is 2.34. The van der Waals surface area contributed by atoms with E-state index in [0.29, 0.717) is 22.8 Å². The van der Waals surface area contributed by atoms with Crippen LogP contribution >= 0.6 is 11.6 Å². The fourth-order valence-electron chi connectivity index (χ4n) is 2.17. The second kappa shape index (κ2) is 8.36. The van der Waals surface area contributed by atoms with Crippen molar-refractivity contribution in [2.75, 3.05) is 14.2 Å². The van der Waals surface area contributed by atoms with Crippen molar-refractivity contribution in [2.45, 2.75) is 13.3 Å². The van der Waals surface area contributed by atoms with Crippen LogP contribution < -0.4 is 14.9 Å². The van der Waals surface area contributed by atoms with Crippen molar-refractivity contribution in [3.05, 3.63) is 58.6 Å². The molecule has 0 aliphatic rings. The molecule has 0 heterocycles. The van der Waals surface area contributed by atoms with E-state index in [9.17, 15) is 4.79 Å². The van der Waals surface area contributed by atoms with Crippen molar-refractivity contribution in [3.8, 4) is 11.5 Å². The van der Waals surface area contributed by atoms with Crippen LogP contribution in [0, 0.1) is 0 Å². The van der Waals surface area contributed by atoms with Crippen molar-refractivity contribution < 1.29 is 14.3 Å². The van der Waals surface area contributed by atoms with Gasteiger partial charge in [0, 0.05) is 5.02 Å². The smallest absolute Gasteiger partial charge is 0.275 e. The zero-order valence-electron chi connectivity index (χ0n) is 13.8. The quantitative estimate of drug-likeness (QED) is 0.637. The van der Waals surface area contributed by atoms with E-state index in [1.54, 1.807) is 25.3 Å². The molecule has 2 rings (SSSR count). The van der Waals surface area contributed by atoms with Crippen LogP contribution in [0.2, 0.25) is 5.02 Å². The van der Waals surface area contributed by atoms with Crippen LogP contribution in [0.25, 0.3) is 0 Å². The molecule has 2 aromatic rings. The SMILES string of the molecule is CCC(=NNC(=O)c1cc(Cl)ccc1OC)c1ccc(OC)cc1. The van der Waals surface area contributed by atoms with Gasteiger partial charge >= 0.3 is 0 Å². The van der Waals surface area contributed by atoms with Gasteiger partial charge in [0.15, 0.2) is 0 Å². The maximum atomic E-state index is 12.4. The third-order valence-electron chi connectivity index (χ3n) is 3.46. The van der Waals surface area contributed by atoms with Gasteiger partial charge in [0.05, 0.1) is 25.5 Å². The molecule has 0 aliphatic heterocycles. The lowest BCUT2D eigenvalue weighted by Crippen LogP contribution is -2.20. The van der Waals surface area contributed by atoms with Gasteiger partial charge in [0.2, 0.25) is 0 Å². The Morgan fingerprint density at radius 1 is 1.12 bits per heavy atom. The molecule has 0 atom stereocenters. The first-order valence-electron chi connectivity index (χ1n) is 7.44. The van der Waals surface area contributed by atoms with Crippen molar-refractivity contribution in [1.82, 2.24) is 5.43 Å². The Labute approximate surface area is 146 Å². The molecular weight excluding hydrogens is 328 g/mol. The van der Waals surface area contributed by atoms with E-state index >= 15 is 0 Å². The molecule has 1 N–H and O–H groups in total. The number of amides is 1. The van der Waals surface area contributed by atoms with Crippen LogP contribution in [0.1, 0.15) is 29.3 Å². The highest BCUT2D eigenvalue weighted by Crippen LogP contribution is 2.22. The number of hydrogen-bond donors (Lipinski definition) is 1. The Morgan fingerprint density at radius 3 is 2.42 bits per heavy atom. The van der Waals surface area contributed by atoms with Crippen LogP contribution in [0.15, 0.2) is 47.6 Å². The molecule has 0 aliphatic carbocycles. The summed E-state index contributed by atoms with van der Waals surface area (Å²) in [6.07, 6.45) is 0.666. The second-order valence-electron chi connectivity index (χ2n) is 4.93. The van der Waals surface area contributed by atoms with Crippen LogP contribution in [0.4, 0.5) is 0 Å². The van der Waals surface area contributed by atoms with Crippen molar-refractivity contribution in [1.29, 1.82) is 0 Å². The van der Waals surface area contributed by atoms with E-state index in [4.69, 9.17) is 21.1 Å². The summed E-state index contributed by atoms with van der Waals surface area (Å²) in [5.41, 5.74) is 4.56. The van der Waals surface area contributed by atoms with Crippen LogP contribution in [0.5, 0.6) is 11.5 Å². The zero-order valence-corrected chi connectivity index (χ0v) is 14.6. The number of ether oxygens (including phenoxy) is 2. The molecule has 5 nitrogen and oxygen atoms in total. The number of hydrazone groups is 1. The van der Waals surface area contributed by atoms with Crippen LogP contribution in [-0.4, -0.2) is 25.8 Å². The Hall–Kier alpha value is -2.53. The number of nitrogens with zero attached hydrogens (tertiary/aromatic N) is 1. The molecule has 0 unspecified atom stereocenters. The van der Waals surface area contributed by atoms with Crippen LogP contribution in [0.3, 0.4) is 0 Å². The topological polar surface area (TPSA) is 59.9 Å². The van der Waals surface area contributed by atoms with E-state index < -0.39 is 0 Å². The fraction of sp³-hybridized carbons (Fsp3) is 0.222. The predicted octanol–water partition coefficient (Wildman–Crippen LogP) is 3.90. The molecule has 0 spiro atoms. The summed E-state index contributed by atoms with van der Waals surface area (Å²) in [4.78, 5) is 12.4. The summed E-state index contributed by atoms with van der Waals surface area (Å²) in [5.74, 6) is 0.824. The highest BCUT2D eigenvalue weighted by Gasteiger charge is 2.13. The molecule has 24 heavy (non-hydrogen) atoms. The van der Waals surface area contributed by atoms with Gasteiger partial charge in [-0.25, -0.2) is 5.43 Å². The molecular formula is C18H19ClN2O3. The summed E-state index contributed by atoms with van der Waals surface area (Å²) in [6.45, 7) is 1.97. The first-order chi connectivity index (χ1) is 11.6. The third kappa shape index (κ3) is 4.26. The van der Waals surface area contributed by atoms with Crippen molar-refractivity contribution in [3.63, 3.8) is 0 Å². The lowest BCUT2D eigenvalue weighted by atomic mass is 10.1. The second-order valence-corrected chi connectivity index (χ2v) is 5.36. The number of benzene rings is 2. The lowest BCUT2D eigenvalue weighted by molar-refractivity contribution is 0.0952. The summed E-state index contributed by atoms with van der Waals surface area (Å²) in [6, 6.07) is 12.3. The van der Waals surface area contributed by atoms with E-state index in [2.05, 4.69) is 10.5 Å². The van der Waals surface area contributed by atoms with Gasteiger partial charge in [-0.1, -0.05) is 18.5 Å². The lowest BCUT2D eigenvalue weighted by Gasteiger charge is -2.09. The third-order valence-corrected chi connectivity index (χ3v) is 3.69. The number of nitrogens with one attached hydrogen (secondary N) is 1. The summed E-state index contributed by atoms with van der Waals surface area (Å²) in [7, 11) is 3.11. The van der Waals surface area contributed by atoms with Crippen molar-refractivity contribution in [2.24, 2.45) is 5.10 Å². The maximum absolute atomic E-state index is 12.4. The van der Waals surface area contributed by atoms with E-state index in [-0.39, 0.29) is 5.91 Å². The first-order valence-corrected chi connectivity index (χ1v) is 7.81. The molecule has 126 valence electrons. The molecule has 1 amide bonds. The summed E-state index contributed by atoms with van der Waals surface area (Å²) in [5, 5.41) is 4.68. The number of carbonyl (C=O) groups is 1. The highest BCUT2D eigenvalue weighted by molar-refractivity contribution is 6.31. The molecule has 0 saturated heterocycles.